The monoisotopic (exact) mass is 260 g/mol. The highest BCUT2D eigenvalue weighted by atomic mass is 16.2. The molecule has 1 aliphatic heterocycles. The predicted molar refractivity (Wildman–Crippen MR) is 77.8 cm³/mol. The second-order valence-corrected chi connectivity index (χ2v) is 5.49. The van der Waals surface area contributed by atoms with E-state index < -0.39 is 0 Å². The Morgan fingerprint density at radius 1 is 1.32 bits per heavy atom. The predicted octanol–water partition coefficient (Wildman–Crippen LogP) is 2.38. The van der Waals surface area contributed by atoms with Gasteiger partial charge < -0.3 is 10.6 Å². The maximum atomic E-state index is 12.2. The number of carbonyl (C=O) groups is 1. The molecule has 0 spiro atoms. The maximum absolute atomic E-state index is 12.2. The van der Waals surface area contributed by atoms with Gasteiger partial charge in [0.05, 0.1) is 0 Å². The molecule has 19 heavy (non-hydrogen) atoms. The molecular weight excluding hydrogens is 236 g/mol. The van der Waals surface area contributed by atoms with Crippen LogP contribution >= 0.6 is 0 Å². The molecule has 1 aliphatic rings. The molecule has 104 valence electrons. The number of nitrogens with zero attached hydrogens (tertiary/aromatic N) is 1. The van der Waals surface area contributed by atoms with Gasteiger partial charge in [-0.2, -0.15) is 0 Å². The third-order valence-corrected chi connectivity index (χ3v) is 4.10. The number of rotatable bonds is 4. The zero-order valence-electron chi connectivity index (χ0n) is 11.7. The summed E-state index contributed by atoms with van der Waals surface area (Å²) in [7, 11) is 0. The SMILES string of the molecule is CC(CCN)C(=O)N1CCC(c2ccccc2)CC1. The molecule has 1 aromatic carbocycles. The molecule has 1 amide bonds. The van der Waals surface area contributed by atoms with Crippen molar-refractivity contribution >= 4 is 5.91 Å². The van der Waals surface area contributed by atoms with E-state index in [2.05, 4.69) is 30.3 Å². The van der Waals surface area contributed by atoms with Crippen LogP contribution in [0.2, 0.25) is 0 Å². The second kappa shape index (κ2) is 6.71. The third kappa shape index (κ3) is 3.57. The molecule has 1 saturated heterocycles. The summed E-state index contributed by atoms with van der Waals surface area (Å²) in [5, 5.41) is 0. The van der Waals surface area contributed by atoms with Crippen LogP contribution < -0.4 is 5.73 Å². The van der Waals surface area contributed by atoms with Crippen LogP contribution in [0.3, 0.4) is 0 Å². The molecule has 0 bridgehead atoms. The zero-order valence-corrected chi connectivity index (χ0v) is 11.7. The van der Waals surface area contributed by atoms with Crippen molar-refractivity contribution in [1.82, 2.24) is 4.90 Å². The molecule has 1 unspecified atom stereocenters. The number of hydrogen-bond donors (Lipinski definition) is 1. The van der Waals surface area contributed by atoms with E-state index in [-0.39, 0.29) is 11.8 Å². The summed E-state index contributed by atoms with van der Waals surface area (Å²) < 4.78 is 0. The van der Waals surface area contributed by atoms with Crippen LogP contribution in [0.1, 0.15) is 37.7 Å². The third-order valence-electron chi connectivity index (χ3n) is 4.10. The van der Waals surface area contributed by atoms with Gasteiger partial charge in [-0.1, -0.05) is 37.3 Å². The van der Waals surface area contributed by atoms with Gasteiger partial charge in [-0.3, -0.25) is 4.79 Å². The van der Waals surface area contributed by atoms with Gasteiger partial charge in [-0.15, -0.1) is 0 Å². The normalized spacial score (nSPS) is 18.3. The lowest BCUT2D eigenvalue weighted by Crippen LogP contribution is -2.41. The van der Waals surface area contributed by atoms with Crippen LogP contribution in [-0.2, 0) is 4.79 Å². The first-order valence-corrected chi connectivity index (χ1v) is 7.26. The van der Waals surface area contributed by atoms with E-state index in [1.54, 1.807) is 0 Å². The van der Waals surface area contributed by atoms with E-state index in [0.29, 0.717) is 12.5 Å². The van der Waals surface area contributed by atoms with Crippen molar-refractivity contribution in [2.75, 3.05) is 19.6 Å². The fourth-order valence-corrected chi connectivity index (χ4v) is 2.84. The van der Waals surface area contributed by atoms with Gasteiger partial charge in [0.25, 0.3) is 0 Å². The number of benzene rings is 1. The summed E-state index contributed by atoms with van der Waals surface area (Å²) in [6, 6.07) is 10.6. The highest BCUT2D eigenvalue weighted by molar-refractivity contribution is 5.78. The minimum absolute atomic E-state index is 0.0678. The van der Waals surface area contributed by atoms with E-state index in [4.69, 9.17) is 5.73 Å². The van der Waals surface area contributed by atoms with E-state index in [9.17, 15) is 4.79 Å². The van der Waals surface area contributed by atoms with Gasteiger partial charge >= 0.3 is 0 Å². The first-order chi connectivity index (χ1) is 9.22. The number of carbonyl (C=O) groups excluding carboxylic acids is 1. The fourth-order valence-electron chi connectivity index (χ4n) is 2.84. The summed E-state index contributed by atoms with van der Waals surface area (Å²) in [6.07, 6.45) is 2.94. The van der Waals surface area contributed by atoms with Gasteiger partial charge in [0.1, 0.15) is 0 Å². The number of nitrogens with two attached hydrogens (primary N) is 1. The molecule has 0 aliphatic carbocycles. The van der Waals surface area contributed by atoms with Crippen molar-refractivity contribution in [2.45, 2.75) is 32.1 Å². The fraction of sp³-hybridized carbons (Fsp3) is 0.562. The van der Waals surface area contributed by atoms with E-state index in [0.717, 1.165) is 32.4 Å². The topological polar surface area (TPSA) is 46.3 Å². The molecule has 1 fully saturated rings. The van der Waals surface area contributed by atoms with Gasteiger partial charge in [0, 0.05) is 19.0 Å². The molecule has 1 heterocycles. The Morgan fingerprint density at radius 2 is 1.95 bits per heavy atom. The van der Waals surface area contributed by atoms with Crippen LogP contribution in [0.5, 0.6) is 0 Å². The first kappa shape index (κ1) is 14.1. The van der Waals surface area contributed by atoms with Gasteiger partial charge in [-0.25, -0.2) is 0 Å². The molecule has 2 rings (SSSR count). The van der Waals surface area contributed by atoms with Crippen LogP contribution in [0.15, 0.2) is 30.3 Å². The lowest BCUT2D eigenvalue weighted by atomic mass is 9.89. The van der Waals surface area contributed by atoms with Crippen LogP contribution in [0.4, 0.5) is 0 Å². The second-order valence-electron chi connectivity index (χ2n) is 5.49. The Labute approximate surface area is 115 Å². The largest absolute Gasteiger partial charge is 0.342 e. The molecule has 0 radical (unpaired) electrons. The lowest BCUT2D eigenvalue weighted by molar-refractivity contribution is -0.136. The highest BCUT2D eigenvalue weighted by Gasteiger charge is 2.26. The summed E-state index contributed by atoms with van der Waals surface area (Å²) >= 11 is 0. The maximum Gasteiger partial charge on any atom is 0.225 e. The van der Waals surface area contributed by atoms with Crippen molar-refractivity contribution in [3.8, 4) is 0 Å². The molecule has 3 heteroatoms. The Kier molecular flexibility index (Phi) is 4.97. The van der Waals surface area contributed by atoms with Crippen LogP contribution in [-0.4, -0.2) is 30.4 Å². The number of amides is 1. The Balaban J connectivity index is 1.87. The van der Waals surface area contributed by atoms with Crippen LogP contribution in [0, 0.1) is 5.92 Å². The molecular formula is C16H24N2O. The molecule has 0 aromatic heterocycles. The van der Waals surface area contributed by atoms with E-state index in [1.807, 2.05) is 11.8 Å². The molecule has 1 aromatic rings. The average Bonchev–Trinajstić information content (AvgIpc) is 2.48. The quantitative estimate of drug-likeness (QED) is 0.903. The highest BCUT2D eigenvalue weighted by Crippen LogP contribution is 2.28. The first-order valence-electron chi connectivity index (χ1n) is 7.26. The number of piperidine rings is 1. The van der Waals surface area contributed by atoms with Crippen molar-refractivity contribution in [3.05, 3.63) is 35.9 Å². The van der Waals surface area contributed by atoms with Gasteiger partial charge in [0.2, 0.25) is 5.91 Å². The number of likely N-dealkylation sites (tertiary alicyclic amines) is 1. The molecule has 0 saturated carbocycles. The van der Waals surface area contributed by atoms with Crippen molar-refractivity contribution in [1.29, 1.82) is 0 Å². The number of hydrogen-bond acceptors (Lipinski definition) is 2. The van der Waals surface area contributed by atoms with Gasteiger partial charge in [-0.05, 0) is 37.3 Å². The summed E-state index contributed by atoms with van der Waals surface area (Å²) in [5.41, 5.74) is 6.93. The Bertz CT molecular complexity index is 396. The summed E-state index contributed by atoms with van der Waals surface area (Å²) in [6.45, 7) is 4.34. The summed E-state index contributed by atoms with van der Waals surface area (Å²) in [5.74, 6) is 0.949. The minimum atomic E-state index is 0.0678. The smallest absolute Gasteiger partial charge is 0.225 e. The van der Waals surface area contributed by atoms with E-state index in [1.165, 1.54) is 5.56 Å². The average molecular weight is 260 g/mol. The van der Waals surface area contributed by atoms with Crippen molar-refractivity contribution in [3.63, 3.8) is 0 Å². The summed E-state index contributed by atoms with van der Waals surface area (Å²) in [4.78, 5) is 14.2. The molecule has 1 atom stereocenters. The van der Waals surface area contributed by atoms with E-state index >= 15 is 0 Å². The Hall–Kier alpha value is -1.35. The lowest BCUT2D eigenvalue weighted by Gasteiger charge is -2.33. The standard InChI is InChI=1S/C16H24N2O/c1-13(7-10-17)16(19)18-11-8-15(9-12-18)14-5-3-2-4-6-14/h2-6,13,15H,7-12,17H2,1H3. The Morgan fingerprint density at radius 3 is 2.53 bits per heavy atom. The zero-order chi connectivity index (χ0) is 13.7. The van der Waals surface area contributed by atoms with Gasteiger partial charge in [0.15, 0.2) is 0 Å². The minimum Gasteiger partial charge on any atom is -0.342 e. The molecule has 3 nitrogen and oxygen atoms in total. The molecule has 2 N–H and O–H groups in total. The van der Waals surface area contributed by atoms with Crippen LogP contribution in [0.25, 0.3) is 0 Å². The van der Waals surface area contributed by atoms with Crippen molar-refractivity contribution < 1.29 is 4.79 Å². The van der Waals surface area contributed by atoms with Crippen molar-refractivity contribution in [2.24, 2.45) is 11.7 Å².